The van der Waals surface area contributed by atoms with E-state index in [1.807, 2.05) is 43.4 Å². The first kappa shape index (κ1) is 18.2. The van der Waals surface area contributed by atoms with Gasteiger partial charge in [-0.2, -0.15) is 0 Å². The summed E-state index contributed by atoms with van der Waals surface area (Å²) in [6.45, 7) is 4.90. The SMILES string of the molecule is CN1CCN(CC(=O)N(C)Cc2ccc(-c3ccc(Br)cc3)o2)CC1. The molecule has 6 heteroatoms. The van der Waals surface area contributed by atoms with Crippen molar-refractivity contribution in [1.82, 2.24) is 14.7 Å². The summed E-state index contributed by atoms with van der Waals surface area (Å²) in [5.41, 5.74) is 1.03. The van der Waals surface area contributed by atoms with Crippen LogP contribution in [0, 0.1) is 0 Å². The topological polar surface area (TPSA) is 39.9 Å². The molecule has 1 aliphatic rings. The minimum atomic E-state index is 0.131. The van der Waals surface area contributed by atoms with E-state index < -0.39 is 0 Å². The van der Waals surface area contributed by atoms with Gasteiger partial charge in [0.25, 0.3) is 0 Å². The molecule has 1 aromatic carbocycles. The van der Waals surface area contributed by atoms with E-state index in [0.717, 1.165) is 47.7 Å². The Balaban J connectivity index is 1.55. The van der Waals surface area contributed by atoms with Crippen LogP contribution < -0.4 is 0 Å². The zero-order valence-electron chi connectivity index (χ0n) is 14.7. The van der Waals surface area contributed by atoms with E-state index in [-0.39, 0.29) is 5.91 Å². The van der Waals surface area contributed by atoms with Crippen LogP contribution in [0.15, 0.2) is 45.3 Å². The molecule has 0 spiro atoms. The number of rotatable bonds is 5. The van der Waals surface area contributed by atoms with Gasteiger partial charge in [0.1, 0.15) is 11.5 Å². The van der Waals surface area contributed by atoms with Crippen LogP contribution in [0.2, 0.25) is 0 Å². The zero-order valence-corrected chi connectivity index (χ0v) is 16.3. The fraction of sp³-hybridized carbons (Fsp3) is 0.421. The lowest BCUT2D eigenvalue weighted by atomic mass is 10.2. The number of furan rings is 1. The summed E-state index contributed by atoms with van der Waals surface area (Å²) in [4.78, 5) is 18.7. The molecule has 5 nitrogen and oxygen atoms in total. The first-order valence-electron chi connectivity index (χ1n) is 8.51. The van der Waals surface area contributed by atoms with Crippen molar-refractivity contribution in [3.05, 3.63) is 46.6 Å². The van der Waals surface area contributed by atoms with Crippen molar-refractivity contribution in [1.29, 1.82) is 0 Å². The fourth-order valence-electron chi connectivity index (χ4n) is 2.87. The number of benzene rings is 1. The second kappa shape index (κ2) is 8.17. The van der Waals surface area contributed by atoms with Gasteiger partial charge in [-0.1, -0.05) is 28.1 Å². The van der Waals surface area contributed by atoms with Crippen LogP contribution >= 0.6 is 15.9 Å². The van der Waals surface area contributed by atoms with E-state index in [4.69, 9.17) is 4.42 Å². The first-order valence-corrected chi connectivity index (χ1v) is 9.30. The number of nitrogens with zero attached hydrogens (tertiary/aromatic N) is 3. The maximum Gasteiger partial charge on any atom is 0.236 e. The Morgan fingerprint density at radius 3 is 2.48 bits per heavy atom. The molecule has 0 unspecified atom stereocenters. The summed E-state index contributed by atoms with van der Waals surface area (Å²) in [5.74, 6) is 1.75. The molecule has 25 heavy (non-hydrogen) atoms. The van der Waals surface area contributed by atoms with Gasteiger partial charge in [0, 0.05) is 43.3 Å². The van der Waals surface area contributed by atoms with Crippen LogP contribution in [0.25, 0.3) is 11.3 Å². The smallest absolute Gasteiger partial charge is 0.236 e. The van der Waals surface area contributed by atoms with Gasteiger partial charge in [0.05, 0.1) is 13.1 Å². The summed E-state index contributed by atoms with van der Waals surface area (Å²) < 4.78 is 6.94. The Hall–Kier alpha value is -1.63. The molecule has 0 radical (unpaired) electrons. The normalized spacial score (nSPS) is 16.1. The van der Waals surface area contributed by atoms with E-state index in [0.29, 0.717) is 13.1 Å². The second-order valence-electron chi connectivity index (χ2n) is 6.60. The highest BCUT2D eigenvalue weighted by Crippen LogP contribution is 2.24. The molecule has 134 valence electrons. The summed E-state index contributed by atoms with van der Waals surface area (Å²) in [5, 5.41) is 0. The van der Waals surface area contributed by atoms with E-state index in [9.17, 15) is 4.79 Å². The van der Waals surface area contributed by atoms with Crippen molar-refractivity contribution in [2.75, 3.05) is 46.8 Å². The Labute approximate surface area is 157 Å². The Morgan fingerprint density at radius 2 is 1.80 bits per heavy atom. The van der Waals surface area contributed by atoms with E-state index >= 15 is 0 Å². The van der Waals surface area contributed by atoms with Crippen molar-refractivity contribution in [3.63, 3.8) is 0 Å². The van der Waals surface area contributed by atoms with E-state index in [1.165, 1.54) is 0 Å². The molecule has 0 bridgehead atoms. The quantitative estimate of drug-likeness (QED) is 0.766. The molecule has 0 N–H and O–H groups in total. The molecular weight excluding hydrogens is 382 g/mol. The fourth-order valence-corrected chi connectivity index (χ4v) is 3.14. The molecule has 2 heterocycles. The molecule has 1 saturated heterocycles. The third-order valence-electron chi connectivity index (χ3n) is 4.56. The predicted molar refractivity (Wildman–Crippen MR) is 102 cm³/mol. The van der Waals surface area contributed by atoms with Crippen molar-refractivity contribution in [2.45, 2.75) is 6.54 Å². The summed E-state index contributed by atoms with van der Waals surface area (Å²) in [6, 6.07) is 11.9. The van der Waals surface area contributed by atoms with Gasteiger partial charge in [-0.15, -0.1) is 0 Å². The molecule has 1 aromatic heterocycles. The molecule has 1 fully saturated rings. The number of piperazine rings is 1. The third kappa shape index (κ3) is 4.93. The predicted octanol–water partition coefficient (Wildman–Crippen LogP) is 2.91. The van der Waals surface area contributed by atoms with Crippen LogP contribution in [0.4, 0.5) is 0 Å². The molecule has 3 rings (SSSR count). The van der Waals surface area contributed by atoms with Crippen LogP contribution in [0.3, 0.4) is 0 Å². The van der Waals surface area contributed by atoms with Gasteiger partial charge in [-0.25, -0.2) is 0 Å². The molecule has 0 atom stereocenters. The summed E-state index contributed by atoms with van der Waals surface area (Å²) in [7, 11) is 3.95. The summed E-state index contributed by atoms with van der Waals surface area (Å²) >= 11 is 3.43. The standard InChI is InChI=1S/C19H24BrN3O2/c1-21-9-11-23(12-10-21)14-19(24)22(2)13-17-7-8-18(25-17)15-3-5-16(20)6-4-15/h3-8H,9-14H2,1-2H3. The monoisotopic (exact) mass is 405 g/mol. The van der Waals surface area contributed by atoms with Gasteiger partial charge in [0.15, 0.2) is 0 Å². The molecule has 2 aromatic rings. The Kier molecular flexibility index (Phi) is 5.93. The third-order valence-corrected chi connectivity index (χ3v) is 5.09. The number of halogens is 1. The van der Waals surface area contributed by atoms with Crippen LogP contribution in [-0.4, -0.2) is 67.4 Å². The van der Waals surface area contributed by atoms with Gasteiger partial charge in [-0.3, -0.25) is 9.69 Å². The van der Waals surface area contributed by atoms with Crippen molar-refractivity contribution >= 4 is 21.8 Å². The van der Waals surface area contributed by atoms with Crippen molar-refractivity contribution in [2.24, 2.45) is 0 Å². The van der Waals surface area contributed by atoms with Gasteiger partial charge < -0.3 is 14.2 Å². The number of amides is 1. The lowest BCUT2D eigenvalue weighted by molar-refractivity contribution is -0.132. The highest BCUT2D eigenvalue weighted by Gasteiger charge is 2.19. The Morgan fingerprint density at radius 1 is 1.12 bits per heavy atom. The molecule has 0 aliphatic carbocycles. The Bertz CT molecular complexity index is 706. The number of carbonyl (C=O) groups is 1. The van der Waals surface area contributed by atoms with Crippen LogP contribution in [0.5, 0.6) is 0 Å². The summed E-state index contributed by atoms with van der Waals surface area (Å²) in [6.07, 6.45) is 0. The van der Waals surface area contributed by atoms with Crippen LogP contribution in [-0.2, 0) is 11.3 Å². The maximum atomic E-state index is 12.4. The number of likely N-dealkylation sites (N-methyl/N-ethyl adjacent to an activating group) is 2. The molecule has 1 aliphatic heterocycles. The van der Waals surface area contributed by atoms with Crippen LogP contribution in [0.1, 0.15) is 5.76 Å². The maximum absolute atomic E-state index is 12.4. The average Bonchev–Trinajstić information content (AvgIpc) is 3.06. The van der Waals surface area contributed by atoms with E-state index in [1.54, 1.807) is 4.90 Å². The van der Waals surface area contributed by atoms with Gasteiger partial charge in [-0.05, 0) is 31.3 Å². The number of hydrogen-bond acceptors (Lipinski definition) is 4. The minimum absolute atomic E-state index is 0.131. The second-order valence-corrected chi connectivity index (χ2v) is 7.52. The van der Waals surface area contributed by atoms with Crippen molar-refractivity contribution in [3.8, 4) is 11.3 Å². The lowest BCUT2D eigenvalue weighted by Crippen LogP contribution is -2.48. The van der Waals surface area contributed by atoms with Crippen molar-refractivity contribution < 1.29 is 9.21 Å². The number of hydrogen-bond donors (Lipinski definition) is 0. The van der Waals surface area contributed by atoms with Gasteiger partial charge >= 0.3 is 0 Å². The first-order chi connectivity index (χ1) is 12.0. The average molecular weight is 406 g/mol. The zero-order chi connectivity index (χ0) is 17.8. The largest absolute Gasteiger partial charge is 0.459 e. The molecule has 0 saturated carbocycles. The number of carbonyl (C=O) groups excluding carboxylic acids is 1. The van der Waals surface area contributed by atoms with E-state index in [2.05, 4.69) is 32.8 Å². The highest BCUT2D eigenvalue weighted by molar-refractivity contribution is 9.10. The lowest BCUT2D eigenvalue weighted by Gasteiger charge is -2.32. The minimum Gasteiger partial charge on any atom is -0.459 e. The highest BCUT2D eigenvalue weighted by atomic mass is 79.9. The van der Waals surface area contributed by atoms with Gasteiger partial charge in [0.2, 0.25) is 5.91 Å². The molecular formula is C19H24BrN3O2. The molecule has 1 amide bonds.